The van der Waals surface area contributed by atoms with Gasteiger partial charge in [0.2, 0.25) is 0 Å². The molecule has 1 aliphatic rings. The van der Waals surface area contributed by atoms with Crippen LogP contribution in [0.5, 0.6) is 0 Å². The van der Waals surface area contributed by atoms with Crippen molar-refractivity contribution in [2.75, 3.05) is 0 Å². The van der Waals surface area contributed by atoms with E-state index in [-0.39, 0.29) is 5.91 Å². The SMILES string of the molecule is Cc1ccc(C(=O)N=C2CCCC(C)C2)cn1. The molecule has 0 aromatic carbocycles. The van der Waals surface area contributed by atoms with Crippen LogP contribution in [0.15, 0.2) is 23.3 Å². The zero-order valence-electron chi connectivity index (χ0n) is 10.4. The highest BCUT2D eigenvalue weighted by molar-refractivity contribution is 6.03. The van der Waals surface area contributed by atoms with Crippen LogP contribution in [0, 0.1) is 12.8 Å². The van der Waals surface area contributed by atoms with Crippen LogP contribution in [0.1, 0.15) is 48.7 Å². The van der Waals surface area contributed by atoms with Gasteiger partial charge in [0.1, 0.15) is 0 Å². The monoisotopic (exact) mass is 230 g/mol. The van der Waals surface area contributed by atoms with E-state index in [4.69, 9.17) is 0 Å². The molecule has 3 nitrogen and oxygen atoms in total. The molecular formula is C14H18N2O. The van der Waals surface area contributed by atoms with Crippen LogP contribution in [-0.2, 0) is 0 Å². The summed E-state index contributed by atoms with van der Waals surface area (Å²) in [5.41, 5.74) is 2.55. The lowest BCUT2D eigenvalue weighted by Gasteiger charge is -2.18. The molecule has 0 saturated heterocycles. The van der Waals surface area contributed by atoms with Crippen molar-refractivity contribution in [3.8, 4) is 0 Å². The normalized spacial score (nSPS) is 22.7. The molecule has 1 aliphatic carbocycles. The lowest BCUT2D eigenvalue weighted by molar-refractivity contribution is 0.100. The third-order valence-electron chi connectivity index (χ3n) is 3.16. The average molecular weight is 230 g/mol. The van der Waals surface area contributed by atoms with E-state index in [2.05, 4.69) is 16.9 Å². The van der Waals surface area contributed by atoms with Gasteiger partial charge in [-0.05, 0) is 50.7 Å². The van der Waals surface area contributed by atoms with E-state index in [1.54, 1.807) is 12.3 Å². The largest absolute Gasteiger partial charge is 0.278 e. The number of aryl methyl sites for hydroxylation is 1. The van der Waals surface area contributed by atoms with Gasteiger partial charge in [-0.25, -0.2) is 4.99 Å². The maximum atomic E-state index is 11.9. The summed E-state index contributed by atoms with van der Waals surface area (Å²) in [7, 11) is 0. The zero-order chi connectivity index (χ0) is 12.3. The highest BCUT2D eigenvalue weighted by atomic mass is 16.1. The molecule has 1 aromatic rings. The van der Waals surface area contributed by atoms with Gasteiger partial charge < -0.3 is 0 Å². The molecule has 3 heteroatoms. The highest BCUT2D eigenvalue weighted by Crippen LogP contribution is 2.21. The van der Waals surface area contributed by atoms with Crippen molar-refractivity contribution in [3.05, 3.63) is 29.6 Å². The first-order chi connectivity index (χ1) is 8.15. The van der Waals surface area contributed by atoms with Crippen LogP contribution in [0.25, 0.3) is 0 Å². The second-order valence-electron chi connectivity index (χ2n) is 4.87. The first-order valence-electron chi connectivity index (χ1n) is 6.18. The summed E-state index contributed by atoms with van der Waals surface area (Å²) in [6.45, 7) is 4.12. The fraction of sp³-hybridized carbons (Fsp3) is 0.500. The molecule has 1 fully saturated rings. The number of carbonyl (C=O) groups is 1. The highest BCUT2D eigenvalue weighted by Gasteiger charge is 2.15. The Balaban J connectivity index is 2.10. The number of pyridine rings is 1. The van der Waals surface area contributed by atoms with Crippen LogP contribution >= 0.6 is 0 Å². The number of amides is 1. The van der Waals surface area contributed by atoms with Crippen LogP contribution in [0.3, 0.4) is 0 Å². The van der Waals surface area contributed by atoms with Gasteiger partial charge in [0, 0.05) is 17.6 Å². The number of aliphatic imine (C=N–C) groups is 1. The molecule has 1 saturated carbocycles. The van der Waals surface area contributed by atoms with Gasteiger partial charge in [0.05, 0.1) is 5.56 Å². The zero-order valence-corrected chi connectivity index (χ0v) is 10.4. The minimum absolute atomic E-state index is 0.151. The fourth-order valence-electron chi connectivity index (χ4n) is 2.16. The molecule has 1 amide bonds. The summed E-state index contributed by atoms with van der Waals surface area (Å²) in [5.74, 6) is 0.507. The number of hydrogen-bond donors (Lipinski definition) is 0. The number of nitrogens with zero attached hydrogens (tertiary/aromatic N) is 2. The van der Waals surface area contributed by atoms with E-state index in [0.717, 1.165) is 30.7 Å². The first kappa shape index (κ1) is 12.0. The number of hydrogen-bond acceptors (Lipinski definition) is 2. The van der Waals surface area contributed by atoms with Gasteiger partial charge in [-0.3, -0.25) is 9.78 Å². The van der Waals surface area contributed by atoms with Gasteiger partial charge in [0.25, 0.3) is 5.91 Å². The van der Waals surface area contributed by atoms with Crippen LogP contribution < -0.4 is 0 Å². The number of aromatic nitrogens is 1. The first-order valence-corrected chi connectivity index (χ1v) is 6.18. The Morgan fingerprint density at radius 3 is 2.94 bits per heavy atom. The molecule has 0 aliphatic heterocycles. The lowest BCUT2D eigenvalue weighted by Crippen LogP contribution is -2.14. The van der Waals surface area contributed by atoms with Crippen molar-refractivity contribution < 1.29 is 4.79 Å². The molecule has 90 valence electrons. The predicted octanol–water partition coefficient (Wildman–Crippen LogP) is 3.18. The second-order valence-corrected chi connectivity index (χ2v) is 4.87. The van der Waals surface area contributed by atoms with E-state index < -0.39 is 0 Å². The lowest BCUT2D eigenvalue weighted by atomic mass is 9.89. The van der Waals surface area contributed by atoms with Crippen LogP contribution in [0.4, 0.5) is 0 Å². The molecule has 1 unspecified atom stereocenters. The van der Waals surface area contributed by atoms with Crippen molar-refractivity contribution in [1.82, 2.24) is 4.98 Å². The van der Waals surface area contributed by atoms with E-state index >= 15 is 0 Å². The molecule has 0 N–H and O–H groups in total. The van der Waals surface area contributed by atoms with Crippen molar-refractivity contribution in [3.63, 3.8) is 0 Å². The average Bonchev–Trinajstić information content (AvgIpc) is 2.29. The van der Waals surface area contributed by atoms with E-state index in [0.29, 0.717) is 11.5 Å². The van der Waals surface area contributed by atoms with Crippen molar-refractivity contribution in [1.29, 1.82) is 0 Å². The van der Waals surface area contributed by atoms with Gasteiger partial charge in [-0.15, -0.1) is 0 Å². The van der Waals surface area contributed by atoms with Crippen molar-refractivity contribution in [2.24, 2.45) is 10.9 Å². The van der Waals surface area contributed by atoms with Gasteiger partial charge in [-0.1, -0.05) is 6.92 Å². The van der Waals surface area contributed by atoms with Crippen LogP contribution in [-0.4, -0.2) is 16.6 Å². The Morgan fingerprint density at radius 1 is 1.47 bits per heavy atom. The standard InChI is InChI=1S/C14H18N2O/c1-10-4-3-5-13(8-10)16-14(17)12-7-6-11(2)15-9-12/h6-7,9-10H,3-5,8H2,1-2H3. The molecule has 1 heterocycles. The minimum atomic E-state index is -0.151. The Hall–Kier alpha value is -1.51. The van der Waals surface area contributed by atoms with Gasteiger partial charge in [-0.2, -0.15) is 0 Å². The summed E-state index contributed by atoms with van der Waals surface area (Å²) >= 11 is 0. The summed E-state index contributed by atoms with van der Waals surface area (Å²) < 4.78 is 0. The smallest absolute Gasteiger partial charge is 0.267 e. The quantitative estimate of drug-likeness (QED) is 0.743. The molecule has 0 bridgehead atoms. The Kier molecular flexibility index (Phi) is 3.67. The number of rotatable bonds is 1. The van der Waals surface area contributed by atoms with Gasteiger partial charge in [0.15, 0.2) is 0 Å². The molecule has 1 atom stereocenters. The van der Waals surface area contributed by atoms with E-state index in [1.807, 2.05) is 13.0 Å². The maximum Gasteiger partial charge on any atom is 0.278 e. The minimum Gasteiger partial charge on any atom is -0.267 e. The molecular weight excluding hydrogens is 212 g/mol. The predicted molar refractivity (Wildman–Crippen MR) is 68.4 cm³/mol. The summed E-state index contributed by atoms with van der Waals surface area (Å²) in [4.78, 5) is 20.2. The third-order valence-corrected chi connectivity index (χ3v) is 3.16. The molecule has 0 radical (unpaired) electrons. The third kappa shape index (κ3) is 3.22. The summed E-state index contributed by atoms with van der Waals surface area (Å²) in [5, 5.41) is 0. The van der Waals surface area contributed by atoms with E-state index in [1.165, 1.54) is 6.42 Å². The summed E-state index contributed by atoms with van der Waals surface area (Å²) in [6, 6.07) is 3.64. The Bertz CT molecular complexity index is 434. The topological polar surface area (TPSA) is 42.3 Å². The van der Waals surface area contributed by atoms with Crippen molar-refractivity contribution in [2.45, 2.75) is 39.5 Å². The molecule has 1 aromatic heterocycles. The molecule has 2 rings (SSSR count). The maximum absolute atomic E-state index is 11.9. The van der Waals surface area contributed by atoms with Crippen LogP contribution in [0.2, 0.25) is 0 Å². The van der Waals surface area contributed by atoms with Gasteiger partial charge >= 0.3 is 0 Å². The Morgan fingerprint density at radius 2 is 2.29 bits per heavy atom. The molecule has 0 spiro atoms. The number of carbonyl (C=O) groups excluding carboxylic acids is 1. The van der Waals surface area contributed by atoms with E-state index in [9.17, 15) is 4.79 Å². The second kappa shape index (κ2) is 5.21. The summed E-state index contributed by atoms with van der Waals surface area (Å²) in [6.07, 6.45) is 5.94. The molecule has 17 heavy (non-hydrogen) atoms. The Labute approximate surface area is 102 Å². The van der Waals surface area contributed by atoms with Crippen molar-refractivity contribution >= 4 is 11.6 Å². The fourth-order valence-corrected chi connectivity index (χ4v) is 2.16.